The van der Waals surface area contributed by atoms with Gasteiger partial charge >= 0.3 is 12.2 Å². The molecule has 0 saturated carbocycles. The van der Waals surface area contributed by atoms with Crippen LogP contribution in [0.25, 0.3) is 5.57 Å². The van der Waals surface area contributed by atoms with Gasteiger partial charge in [-0.25, -0.2) is 17.5 Å². The van der Waals surface area contributed by atoms with Gasteiger partial charge in [-0.05, 0) is 54.3 Å². The van der Waals surface area contributed by atoms with Crippen molar-refractivity contribution >= 4 is 21.6 Å². The van der Waals surface area contributed by atoms with E-state index in [-0.39, 0.29) is 24.5 Å². The fourth-order valence-electron chi connectivity index (χ4n) is 3.99. The highest BCUT2D eigenvalue weighted by Crippen LogP contribution is 2.31. The van der Waals surface area contributed by atoms with Gasteiger partial charge < -0.3 is 4.90 Å². The third kappa shape index (κ3) is 5.62. The van der Waals surface area contributed by atoms with Crippen molar-refractivity contribution in [3.8, 4) is 0 Å². The Balaban J connectivity index is 1.73. The second-order valence-electron chi connectivity index (χ2n) is 8.61. The van der Waals surface area contributed by atoms with Crippen molar-refractivity contribution < 1.29 is 26.4 Å². The highest BCUT2D eigenvalue weighted by molar-refractivity contribution is 7.89. The van der Waals surface area contributed by atoms with Gasteiger partial charge in [-0.2, -0.15) is 13.2 Å². The molecule has 4 rings (SSSR count). The summed E-state index contributed by atoms with van der Waals surface area (Å²) in [5.74, 6) is 0. The average Bonchev–Trinajstić information content (AvgIpc) is 2.84. The highest BCUT2D eigenvalue weighted by atomic mass is 32.2. The Hall–Kier alpha value is -3.59. The van der Waals surface area contributed by atoms with Crippen LogP contribution in [-0.2, 0) is 22.7 Å². The highest BCUT2D eigenvalue weighted by Gasteiger charge is 2.35. The summed E-state index contributed by atoms with van der Waals surface area (Å²) in [4.78, 5) is 15.1. The van der Waals surface area contributed by atoms with Gasteiger partial charge in [-0.15, -0.1) is 0 Å². The molecule has 1 heterocycles. The van der Waals surface area contributed by atoms with Gasteiger partial charge in [0.25, 0.3) is 10.0 Å². The van der Waals surface area contributed by atoms with E-state index in [2.05, 4.69) is 0 Å². The maximum absolute atomic E-state index is 13.6. The number of carbonyl (C=O) groups excluding carboxylic acids is 1. The molecule has 0 saturated heterocycles. The Bertz CT molecular complexity index is 1350. The number of sulfonamides is 1. The van der Waals surface area contributed by atoms with Crippen LogP contribution >= 0.6 is 0 Å². The summed E-state index contributed by atoms with van der Waals surface area (Å²) in [6, 6.07) is 19.3. The molecule has 0 fully saturated rings. The lowest BCUT2D eigenvalue weighted by Gasteiger charge is -2.32. The number of urea groups is 1. The van der Waals surface area contributed by atoms with Crippen molar-refractivity contribution in [3.05, 3.63) is 107 Å². The predicted molar refractivity (Wildman–Crippen MR) is 131 cm³/mol. The van der Waals surface area contributed by atoms with Gasteiger partial charge in [0.15, 0.2) is 0 Å². The lowest BCUT2D eigenvalue weighted by Crippen LogP contribution is -2.47. The summed E-state index contributed by atoms with van der Waals surface area (Å²) in [6.07, 6.45) is -2.28. The van der Waals surface area contributed by atoms with E-state index in [1.165, 1.54) is 29.2 Å². The summed E-state index contributed by atoms with van der Waals surface area (Å²) in [5.41, 5.74) is 1.81. The fraction of sp³-hybridized carbons (Fsp3) is 0.222. The third-order valence-electron chi connectivity index (χ3n) is 6.00. The third-order valence-corrected chi connectivity index (χ3v) is 7.73. The van der Waals surface area contributed by atoms with Crippen LogP contribution in [0.15, 0.2) is 89.8 Å². The van der Waals surface area contributed by atoms with Gasteiger partial charge in [0.1, 0.15) is 0 Å². The minimum atomic E-state index is -4.48. The standard InChI is InChI=1S/C27H25F3N2O3S/c1-20-9-15-25(16-10-20)36(34,35)32-19-23(22-11-13-24(14-12-22)27(28,29)30)8-5-17-31(26(32)33)18-21-6-3-2-4-7-21/h2-4,6-16H,5,17-19H2,1H3/b23-8+. The second kappa shape index (κ2) is 10.2. The molecule has 9 heteroatoms. The van der Waals surface area contributed by atoms with E-state index in [4.69, 9.17) is 0 Å². The molecule has 1 aliphatic rings. The lowest BCUT2D eigenvalue weighted by molar-refractivity contribution is -0.137. The number of rotatable bonds is 5. The number of halogens is 3. The first-order valence-corrected chi connectivity index (χ1v) is 12.8. The SMILES string of the molecule is Cc1ccc(S(=O)(=O)N2C/C(c3ccc(C(F)(F)F)cc3)=C\CCN(Cc3ccccc3)C2=O)cc1. The van der Waals surface area contributed by atoms with E-state index >= 15 is 0 Å². The van der Waals surface area contributed by atoms with Crippen LogP contribution in [0.2, 0.25) is 0 Å². The molecule has 0 radical (unpaired) electrons. The average molecular weight is 515 g/mol. The van der Waals surface area contributed by atoms with Crippen LogP contribution in [-0.4, -0.2) is 36.7 Å². The monoisotopic (exact) mass is 514 g/mol. The molecule has 3 aromatic carbocycles. The fourth-order valence-corrected chi connectivity index (χ4v) is 5.36. The number of carbonyl (C=O) groups is 1. The Morgan fingerprint density at radius 1 is 0.889 bits per heavy atom. The Morgan fingerprint density at radius 3 is 2.14 bits per heavy atom. The molecule has 188 valence electrons. The van der Waals surface area contributed by atoms with Crippen molar-refractivity contribution in [1.82, 2.24) is 9.21 Å². The van der Waals surface area contributed by atoms with Crippen molar-refractivity contribution in [2.24, 2.45) is 0 Å². The molecule has 0 unspecified atom stereocenters. The number of benzene rings is 3. The number of nitrogens with zero attached hydrogens (tertiary/aromatic N) is 2. The summed E-state index contributed by atoms with van der Waals surface area (Å²) < 4.78 is 67.2. The molecule has 0 spiro atoms. The number of alkyl halides is 3. The first kappa shape index (κ1) is 25.5. The van der Waals surface area contributed by atoms with Crippen LogP contribution in [0.4, 0.5) is 18.0 Å². The minimum absolute atomic E-state index is 0.0338. The van der Waals surface area contributed by atoms with Crippen LogP contribution in [0.1, 0.15) is 28.7 Å². The van der Waals surface area contributed by atoms with Gasteiger partial charge in [-0.1, -0.05) is 66.2 Å². The Labute approximate surface area is 208 Å². The van der Waals surface area contributed by atoms with Crippen molar-refractivity contribution in [3.63, 3.8) is 0 Å². The lowest BCUT2D eigenvalue weighted by atomic mass is 10.0. The molecule has 0 aromatic heterocycles. The molecule has 36 heavy (non-hydrogen) atoms. The van der Waals surface area contributed by atoms with E-state index in [1.807, 2.05) is 37.3 Å². The Morgan fingerprint density at radius 2 is 1.53 bits per heavy atom. The van der Waals surface area contributed by atoms with Crippen molar-refractivity contribution in [1.29, 1.82) is 0 Å². The second-order valence-corrected chi connectivity index (χ2v) is 10.5. The van der Waals surface area contributed by atoms with Crippen LogP contribution in [0.5, 0.6) is 0 Å². The zero-order valence-electron chi connectivity index (χ0n) is 19.6. The summed E-state index contributed by atoms with van der Waals surface area (Å²) in [7, 11) is -4.24. The molecule has 0 aliphatic carbocycles. The van der Waals surface area contributed by atoms with Gasteiger partial charge in [0.2, 0.25) is 0 Å². The van der Waals surface area contributed by atoms with Gasteiger partial charge in [0, 0.05) is 13.1 Å². The molecule has 0 bridgehead atoms. The smallest absolute Gasteiger partial charge is 0.319 e. The largest absolute Gasteiger partial charge is 0.416 e. The summed E-state index contributed by atoms with van der Waals surface area (Å²) >= 11 is 0. The topological polar surface area (TPSA) is 57.7 Å². The van der Waals surface area contributed by atoms with Gasteiger partial charge in [0.05, 0.1) is 17.0 Å². The van der Waals surface area contributed by atoms with E-state index in [0.29, 0.717) is 17.6 Å². The van der Waals surface area contributed by atoms with Crippen LogP contribution in [0, 0.1) is 6.92 Å². The van der Waals surface area contributed by atoms with E-state index < -0.39 is 27.8 Å². The van der Waals surface area contributed by atoms with Gasteiger partial charge in [-0.3, -0.25) is 0 Å². The molecule has 3 aromatic rings. The zero-order valence-corrected chi connectivity index (χ0v) is 20.4. The van der Waals surface area contributed by atoms with E-state index in [0.717, 1.165) is 27.6 Å². The van der Waals surface area contributed by atoms with Crippen LogP contribution < -0.4 is 0 Å². The quantitative estimate of drug-likeness (QED) is 0.413. The summed E-state index contributed by atoms with van der Waals surface area (Å²) in [6.45, 7) is 2.00. The maximum Gasteiger partial charge on any atom is 0.416 e. The number of hydrogen-bond donors (Lipinski definition) is 0. The molecule has 5 nitrogen and oxygen atoms in total. The first-order valence-electron chi connectivity index (χ1n) is 11.3. The summed E-state index contributed by atoms with van der Waals surface area (Å²) in [5, 5.41) is 0. The molecule has 0 N–H and O–H groups in total. The number of hydrogen-bond acceptors (Lipinski definition) is 3. The maximum atomic E-state index is 13.6. The minimum Gasteiger partial charge on any atom is -0.319 e. The number of amides is 2. The normalized spacial score (nSPS) is 16.8. The molecular weight excluding hydrogens is 489 g/mol. The first-order chi connectivity index (χ1) is 17.1. The van der Waals surface area contributed by atoms with Crippen molar-refractivity contribution in [2.45, 2.75) is 31.0 Å². The molecule has 2 amide bonds. The zero-order chi connectivity index (χ0) is 25.9. The molecule has 1 aliphatic heterocycles. The predicted octanol–water partition coefficient (Wildman–Crippen LogP) is 6.11. The van der Waals surface area contributed by atoms with E-state index in [9.17, 15) is 26.4 Å². The molecule has 0 atom stereocenters. The number of aryl methyl sites for hydroxylation is 1. The Kier molecular flexibility index (Phi) is 7.21. The molecular formula is C27H25F3N2O3S. The van der Waals surface area contributed by atoms with Crippen molar-refractivity contribution in [2.75, 3.05) is 13.1 Å². The van der Waals surface area contributed by atoms with Crippen LogP contribution in [0.3, 0.4) is 0 Å². The van der Waals surface area contributed by atoms with E-state index in [1.54, 1.807) is 18.2 Å².